The molecule has 1 fully saturated rings. The number of hydrogen-bond acceptors (Lipinski definition) is 3. The van der Waals surface area contributed by atoms with E-state index in [1.165, 1.54) is 5.56 Å². The molecule has 2 atom stereocenters. The van der Waals surface area contributed by atoms with Crippen LogP contribution in [-0.4, -0.2) is 35.7 Å². The fourth-order valence-electron chi connectivity index (χ4n) is 3.11. The van der Waals surface area contributed by atoms with E-state index in [9.17, 15) is 5.11 Å². The Morgan fingerprint density at radius 1 is 1.45 bits per heavy atom. The maximum Gasteiger partial charge on any atom is 0.0546 e. The topological polar surface area (TPSA) is 49.5 Å². The zero-order valence-corrected chi connectivity index (χ0v) is 13.9. The summed E-state index contributed by atoms with van der Waals surface area (Å²) in [6, 6.07) is 8.77. The minimum Gasteiger partial charge on any atom is -0.393 e. The van der Waals surface area contributed by atoms with Crippen molar-refractivity contribution in [3.63, 3.8) is 0 Å². The second kappa shape index (κ2) is 7.03. The Labute approximate surface area is 130 Å². The second-order valence-electron chi connectivity index (χ2n) is 6.00. The number of benzene rings is 1. The van der Waals surface area contributed by atoms with Gasteiger partial charge >= 0.3 is 0 Å². The first-order chi connectivity index (χ1) is 9.51. The number of hydrogen-bond donors (Lipinski definition) is 2. The molecule has 0 spiro atoms. The van der Waals surface area contributed by atoms with Crippen molar-refractivity contribution >= 4 is 15.9 Å². The number of halogens is 1. The second-order valence-corrected chi connectivity index (χ2v) is 6.92. The molecule has 3 nitrogen and oxygen atoms in total. The van der Waals surface area contributed by atoms with Gasteiger partial charge in [-0.3, -0.25) is 4.90 Å². The summed E-state index contributed by atoms with van der Waals surface area (Å²) in [6.45, 7) is 3.14. The van der Waals surface area contributed by atoms with E-state index >= 15 is 0 Å². The molecule has 1 aliphatic carbocycles. The lowest BCUT2D eigenvalue weighted by Gasteiger charge is -2.39. The Balaban J connectivity index is 2.10. The van der Waals surface area contributed by atoms with Crippen LogP contribution in [0.3, 0.4) is 0 Å². The first-order valence-corrected chi connectivity index (χ1v) is 8.20. The Kier molecular flexibility index (Phi) is 5.61. The monoisotopic (exact) mass is 340 g/mol. The molecule has 2 rings (SSSR count). The highest BCUT2D eigenvalue weighted by Crippen LogP contribution is 2.32. The highest BCUT2D eigenvalue weighted by molar-refractivity contribution is 9.10. The average molecular weight is 341 g/mol. The van der Waals surface area contributed by atoms with Gasteiger partial charge < -0.3 is 10.8 Å². The SMILES string of the molecule is CCC(N)C(c1cccc(Br)c1)N(C)CC1CC(O)C1. The fraction of sp³-hybridized carbons (Fsp3) is 0.625. The molecule has 112 valence electrons. The molecule has 1 aromatic rings. The molecule has 0 saturated heterocycles. The van der Waals surface area contributed by atoms with E-state index in [2.05, 4.69) is 53.0 Å². The summed E-state index contributed by atoms with van der Waals surface area (Å²) in [5, 5.41) is 9.43. The molecule has 0 aliphatic heterocycles. The van der Waals surface area contributed by atoms with Gasteiger partial charge in [0.1, 0.15) is 0 Å². The number of aliphatic hydroxyl groups excluding tert-OH is 1. The molecule has 3 N–H and O–H groups in total. The average Bonchev–Trinajstić information content (AvgIpc) is 2.37. The zero-order valence-electron chi connectivity index (χ0n) is 12.3. The number of nitrogens with two attached hydrogens (primary N) is 1. The van der Waals surface area contributed by atoms with E-state index in [-0.39, 0.29) is 18.2 Å². The van der Waals surface area contributed by atoms with Crippen LogP contribution in [0.15, 0.2) is 28.7 Å². The van der Waals surface area contributed by atoms with Crippen LogP contribution in [-0.2, 0) is 0 Å². The molecule has 20 heavy (non-hydrogen) atoms. The normalized spacial score (nSPS) is 25.3. The predicted molar refractivity (Wildman–Crippen MR) is 86.5 cm³/mol. The molecule has 2 unspecified atom stereocenters. The lowest BCUT2D eigenvalue weighted by Crippen LogP contribution is -2.44. The van der Waals surface area contributed by atoms with E-state index in [1.807, 2.05) is 6.07 Å². The molecule has 4 heteroatoms. The van der Waals surface area contributed by atoms with Gasteiger partial charge in [-0.25, -0.2) is 0 Å². The third-order valence-corrected chi connectivity index (χ3v) is 4.79. The molecular weight excluding hydrogens is 316 g/mol. The summed E-state index contributed by atoms with van der Waals surface area (Å²) >= 11 is 3.54. The maximum atomic E-state index is 9.43. The highest BCUT2D eigenvalue weighted by Gasteiger charge is 2.31. The van der Waals surface area contributed by atoms with Crippen molar-refractivity contribution in [2.45, 2.75) is 44.4 Å². The van der Waals surface area contributed by atoms with Crippen molar-refractivity contribution in [1.29, 1.82) is 0 Å². The summed E-state index contributed by atoms with van der Waals surface area (Å²) in [4.78, 5) is 2.35. The summed E-state index contributed by atoms with van der Waals surface area (Å²) in [7, 11) is 2.14. The summed E-state index contributed by atoms with van der Waals surface area (Å²) in [6.07, 6.45) is 2.72. The number of nitrogens with zero attached hydrogens (tertiary/aromatic N) is 1. The van der Waals surface area contributed by atoms with Crippen LogP contribution in [0, 0.1) is 5.92 Å². The van der Waals surface area contributed by atoms with E-state index in [0.717, 1.165) is 30.3 Å². The lowest BCUT2D eigenvalue weighted by molar-refractivity contribution is 0.0197. The molecule has 1 aromatic carbocycles. The fourth-order valence-corrected chi connectivity index (χ4v) is 3.53. The predicted octanol–water partition coefficient (Wildman–Crippen LogP) is 2.93. The van der Waals surface area contributed by atoms with Crippen molar-refractivity contribution in [2.24, 2.45) is 11.7 Å². The first kappa shape index (κ1) is 16.0. The standard InChI is InChI=1S/C16H25BrN2O/c1-3-15(18)16(12-5-4-6-13(17)9-12)19(2)10-11-7-14(20)8-11/h4-6,9,11,14-16,20H,3,7-8,10,18H2,1-2H3. The van der Waals surface area contributed by atoms with Gasteiger partial charge in [0.2, 0.25) is 0 Å². The van der Waals surface area contributed by atoms with Crippen LogP contribution < -0.4 is 5.73 Å². The minimum atomic E-state index is -0.0856. The van der Waals surface area contributed by atoms with Gasteiger partial charge in [-0.2, -0.15) is 0 Å². The van der Waals surface area contributed by atoms with Crippen molar-refractivity contribution in [2.75, 3.05) is 13.6 Å². The van der Waals surface area contributed by atoms with Gasteiger partial charge in [0.25, 0.3) is 0 Å². The summed E-state index contributed by atoms with van der Waals surface area (Å²) < 4.78 is 1.09. The zero-order chi connectivity index (χ0) is 14.7. The van der Waals surface area contributed by atoms with Crippen LogP contribution in [0.25, 0.3) is 0 Å². The van der Waals surface area contributed by atoms with Gasteiger partial charge in [-0.15, -0.1) is 0 Å². The summed E-state index contributed by atoms with van der Waals surface area (Å²) in [5.74, 6) is 0.605. The number of aliphatic hydroxyl groups is 1. The van der Waals surface area contributed by atoms with Gasteiger partial charge in [0, 0.05) is 23.1 Å². The van der Waals surface area contributed by atoms with E-state index in [1.54, 1.807) is 0 Å². The minimum absolute atomic E-state index is 0.0856. The molecule has 0 radical (unpaired) electrons. The van der Waals surface area contributed by atoms with Crippen molar-refractivity contribution < 1.29 is 5.11 Å². The van der Waals surface area contributed by atoms with E-state index < -0.39 is 0 Å². The van der Waals surface area contributed by atoms with E-state index in [0.29, 0.717) is 5.92 Å². The van der Waals surface area contributed by atoms with Crippen LogP contribution in [0.5, 0.6) is 0 Å². The molecule has 1 saturated carbocycles. The van der Waals surface area contributed by atoms with Crippen molar-refractivity contribution in [3.8, 4) is 0 Å². The smallest absolute Gasteiger partial charge is 0.0546 e. The quantitative estimate of drug-likeness (QED) is 0.836. The molecule has 0 heterocycles. The molecule has 1 aliphatic rings. The third-order valence-electron chi connectivity index (χ3n) is 4.30. The van der Waals surface area contributed by atoms with Gasteiger partial charge in [-0.05, 0) is 49.9 Å². The Morgan fingerprint density at radius 3 is 2.70 bits per heavy atom. The summed E-state index contributed by atoms with van der Waals surface area (Å²) in [5.41, 5.74) is 7.62. The lowest BCUT2D eigenvalue weighted by atomic mass is 9.81. The molecular formula is C16H25BrN2O. The third kappa shape index (κ3) is 3.82. The first-order valence-electron chi connectivity index (χ1n) is 7.40. The Bertz CT molecular complexity index is 434. The van der Waals surface area contributed by atoms with Crippen LogP contribution in [0.1, 0.15) is 37.8 Å². The highest BCUT2D eigenvalue weighted by atomic mass is 79.9. The Hall–Kier alpha value is -0.420. The largest absolute Gasteiger partial charge is 0.393 e. The van der Waals surface area contributed by atoms with Gasteiger partial charge in [0.05, 0.1) is 6.10 Å². The van der Waals surface area contributed by atoms with Crippen molar-refractivity contribution in [3.05, 3.63) is 34.3 Å². The molecule has 0 amide bonds. The Morgan fingerprint density at radius 2 is 2.15 bits per heavy atom. The number of likely N-dealkylation sites (N-methyl/N-ethyl adjacent to an activating group) is 1. The van der Waals surface area contributed by atoms with Gasteiger partial charge in [0.15, 0.2) is 0 Å². The van der Waals surface area contributed by atoms with Crippen LogP contribution >= 0.6 is 15.9 Å². The van der Waals surface area contributed by atoms with E-state index in [4.69, 9.17) is 5.73 Å². The maximum absolute atomic E-state index is 9.43. The van der Waals surface area contributed by atoms with Crippen LogP contribution in [0.4, 0.5) is 0 Å². The number of rotatable bonds is 6. The van der Waals surface area contributed by atoms with Crippen LogP contribution in [0.2, 0.25) is 0 Å². The van der Waals surface area contributed by atoms with Crippen molar-refractivity contribution in [1.82, 2.24) is 4.90 Å². The molecule has 0 aromatic heterocycles. The molecule has 0 bridgehead atoms. The van der Waals surface area contributed by atoms with Gasteiger partial charge in [-0.1, -0.05) is 35.0 Å².